The zero-order valence-corrected chi connectivity index (χ0v) is 26.3. The van der Waals surface area contributed by atoms with Gasteiger partial charge in [-0.05, 0) is 53.6 Å². The van der Waals surface area contributed by atoms with Gasteiger partial charge in [0, 0.05) is 29.0 Å². The van der Waals surface area contributed by atoms with Crippen LogP contribution in [0, 0.1) is 0 Å². The first-order valence-corrected chi connectivity index (χ1v) is 15.8. The molecular weight excluding hydrogens is 670 g/mol. The van der Waals surface area contributed by atoms with E-state index in [9.17, 15) is 18.0 Å². The van der Waals surface area contributed by atoms with E-state index in [0.29, 0.717) is 10.2 Å². The van der Waals surface area contributed by atoms with Crippen LogP contribution in [0.15, 0.2) is 123 Å². The lowest BCUT2D eigenvalue weighted by Crippen LogP contribution is -2.53. The highest BCUT2D eigenvalue weighted by atomic mass is 79.9. The standard InChI is InChI=1S/C31H29Br2N3O4S/c1-34-31(38)29(19-23-10-4-2-5-11-23)35(21-24-12-8-13-25(32)18-24)30(37)22-36(27-15-9-14-26(33)20-27)41(39,40)28-16-6-3-7-17-28/h2-18,20,29H,19,21-22H2,1H3,(H,34,38)/t29-/m1/s1. The third kappa shape index (κ3) is 7.84. The number of nitrogens with zero attached hydrogens (tertiary/aromatic N) is 2. The summed E-state index contributed by atoms with van der Waals surface area (Å²) in [7, 11) is -2.61. The highest BCUT2D eigenvalue weighted by molar-refractivity contribution is 9.10. The molecule has 0 aliphatic carbocycles. The van der Waals surface area contributed by atoms with E-state index in [2.05, 4.69) is 37.2 Å². The van der Waals surface area contributed by atoms with Gasteiger partial charge in [0.25, 0.3) is 10.0 Å². The first-order chi connectivity index (χ1) is 19.7. The fourth-order valence-electron chi connectivity index (χ4n) is 4.43. The Labute approximate surface area is 257 Å². The highest BCUT2D eigenvalue weighted by Crippen LogP contribution is 2.27. The van der Waals surface area contributed by atoms with Crippen molar-refractivity contribution in [3.63, 3.8) is 0 Å². The van der Waals surface area contributed by atoms with E-state index < -0.39 is 28.5 Å². The Hall–Kier alpha value is -3.47. The number of likely N-dealkylation sites (N-methyl/N-ethyl adjacent to an activating group) is 1. The Bertz CT molecular complexity index is 1600. The number of carbonyl (C=O) groups is 2. The summed E-state index contributed by atoms with van der Waals surface area (Å²) in [4.78, 5) is 29.0. The molecule has 0 saturated carbocycles. The summed E-state index contributed by atoms with van der Waals surface area (Å²) in [6, 6.07) is 30.7. The van der Waals surface area contributed by atoms with E-state index in [-0.39, 0.29) is 23.8 Å². The third-order valence-electron chi connectivity index (χ3n) is 6.47. The summed E-state index contributed by atoms with van der Waals surface area (Å²) in [5.74, 6) is -0.869. The number of halogens is 2. The van der Waals surface area contributed by atoms with Gasteiger partial charge in [-0.3, -0.25) is 13.9 Å². The molecule has 2 amide bonds. The van der Waals surface area contributed by atoms with Crippen LogP contribution < -0.4 is 9.62 Å². The number of carbonyl (C=O) groups excluding carboxylic acids is 2. The van der Waals surface area contributed by atoms with E-state index in [0.717, 1.165) is 19.9 Å². The highest BCUT2D eigenvalue weighted by Gasteiger charge is 2.34. The zero-order chi connectivity index (χ0) is 29.4. The predicted molar refractivity (Wildman–Crippen MR) is 168 cm³/mol. The minimum Gasteiger partial charge on any atom is -0.357 e. The van der Waals surface area contributed by atoms with Crippen molar-refractivity contribution in [1.29, 1.82) is 0 Å². The number of benzene rings is 4. The van der Waals surface area contributed by atoms with Gasteiger partial charge >= 0.3 is 0 Å². The van der Waals surface area contributed by atoms with Gasteiger partial charge < -0.3 is 10.2 Å². The molecule has 4 aromatic rings. The lowest BCUT2D eigenvalue weighted by Gasteiger charge is -2.33. The van der Waals surface area contributed by atoms with Crippen LogP contribution in [-0.2, 0) is 32.6 Å². The third-order valence-corrected chi connectivity index (χ3v) is 9.24. The molecule has 0 bridgehead atoms. The Balaban J connectivity index is 1.78. The lowest BCUT2D eigenvalue weighted by molar-refractivity contribution is -0.139. The Morgan fingerprint density at radius 1 is 0.780 bits per heavy atom. The first-order valence-electron chi connectivity index (χ1n) is 12.8. The molecule has 41 heavy (non-hydrogen) atoms. The molecule has 4 rings (SSSR count). The van der Waals surface area contributed by atoms with E-state index in [1.165, 1.54) is 24.1 Å². The van der Waals surface area contributed by atoms with Crippen LogP contribution in [0.5, 0.6) is 0 Å². The maximum atomic E-state index is 14.2. The minimum atomic E-state index is -4.13. The molecule has 1 atom stereocenters. The average molecular weight is 699 g/mol. The number of anilines is 1. The molecule has 0 aromatic heterocycles. The fraction of sp³-hybridized carbons (Fsp3) is 0.161. The molecule has 4 aromatic carbocycles. The number of sulfonamides is 1. The van der Waals surface area contributed by atoms with Gasteiger partial charge in [0.15, 0.2) is 0 Å². The Morgan fingerprint density at radius 3 is 1.98 bits per heavy atom. The van der Waals surface area contributed by atoms with Gasteiger partial charge in [0.1, 0.15) is 12.6 Å². The van der Waals surface area contributed by atoms with Gasteiger partial charge in [-0.15, -0.1) is 0 Å². The summed E-state index contributed by atoms with van der Waals surface area (Å²) in [5.41, 5.74) is 1.97. The molecular formula is C31H29Br2N3O4S. The second-order valence-corrected chi connectivity index (χ2v) is 13.0. The number of rotatable bonds is 11. The molecule has 0 radical (unpaired) electrons. The maximum absolute atomic E-state index is 14.2. The van der Waals surface area contributed by atoms with Gasteiger partial charge in [-0.25, -0.2) is 8.42 Å². The minimum absolute atomic E-state index is 0.0541. The molecule has 0 heterocycles. The van der Waals surface area contributed by atoms with Crippen LogP contribution in [-0.4, -0.2) is 44.8 Å². The topological polar surface area (TPSA) is 86.8 Å². The number of amides is 2. The number of hydrogen-bond donors (Lipinski definition) is 1. The summed E-state index contributed by atoms with van der Waals surface area (Å²) in [6.45, 7) is -0.412. The molecule has 0 saturated heterocycles. The lowest BCUT2D eigenvalue weighted by atomic mass is 10.0. The molecule has 0 aliphatic heterocycles. The van der Waals surface area contributed by atoms with Crippen molar-refractivity contribution in [2.45, 2.75) is 23.9 Å². The largest absolute Gasteiger partial charge is 0.357 e. The van der Waals surface area contributed by atoms with Crippen molar-refractivity contribution in [3.05, 3.63) is 129 Å². The molecule has 212 valence electrons. The first kappa shape index (κ1) is 30.5. The van der Waals surface area contributed by atoms with E-state index >= 15 is 0 Å². The van der Waals surface area contributed by atoms with Crippen LogP contribution in [0.25, 0.3) is 0 Å². The fourth-order valence-corrected chi connectivity index (χ4v) is 6.69. The summed E-state index contributed by atoms with van der Waals surface area (Å²) in [5, 5.41) is 2.69. The maximum Gasteiger partial charge on any atom is 0.264 e. The van der Waals surface area contributed by atoms with Crippen molar-refractivity contribution in [3.8, 4) is 0 Å². The molecule has 10 heteroatoms. The molecule has 7 nitrogen and oxygen atoms in total. The number of hydrogen-bond acceptors (Lipinski definition) is 4. The van der Waals surface area contributed by atoms with Crippen molar-refractivity contribution in [1.82, 2.24) is 10.2 Å². The molecule has 0 aliphatic rings. The van der Waals surface area contributed by atoms with Crippen molar-refractivity contribution >= 4 is 59.4 Å². The van der Waals surface area contributed by atoms with Crippen molar-refractivity contribution in [2.24, 2.45) is 0 Å². The van der Waals surface area contributed by atoms with E-state index in [1.807, 2.05) is 54.6 Å². The van der Waals surface area contributed by atoms with Crippen LogP contribution in [0.2, 0.25) is 0 Å². The van der Waals surface area contributed by atoms with Crippen LogP contribution >= 0.6 is 31.9 Å². The monoisotopic (exact) mass is 697 g/mol. The van der Waals surface area contributed by atoms with Gasteiger partial charge in [-0.1, -0.05) is 98.6 Å². The second kappa shape index (κ2) is 13.9. The van der Waals surface area contributed by atoms with E-state index in [1.54, 1.807) is 42.5 Å². The smallest absolute Gasteiger partial charge is 0.264 e. The van der Waals surface area contributed by atoms with Crippen LogP contribution in [0.4, 0.5) is 5.69 Å². The second-order valence-electron chi connectivity index (χ2n) is 9.28. The quantitative estimate of drug-likeness (QED) is 0.215. The predicted octanol–water partition coefficient (Wildman–Crippen LogP) is 5.79. The normalized spacial score (nSPS) is 11.9. The SMILES string of the molecule is CNC(=O)[C@@H](Cc1ccccc1)N(Cc1cccc(Br)c1)C(=O)CN(c1cccc(Br)c1)S(=O)(=O)c1ccccc1. The molecule has 0 spiro atoms. The van der Waals surface area contributed by atoms with Crippen molar-refractivity contribution < 1.29 is 18.0 Å². The van der Waals surface area contributed by atoms with E-state index in [4.69, 9.17) is 0 Å². The van der Waals surface area contributed by atoms with Crippen molar-refractivity contribution in [2.75, 3.05) is 17.9 Å². The molecule has 1 N–H and O–H groups in total. The summed E-state index contributed by atoms with van der Waals surface area (Å²) in [6.07, 6.45) is 0.253. The zero-order valence-electron chi connectivity index (χ0n) is 22.3. The van der Waals surface area contributed by atoms with Crippen LogP contribution in [0.1, 0.15) is 11.1 Å². The van der Waals surface area contributed by atoms with Gasteiger partial charge in [0.2, 0.25) is 11.8 Å². The Morgan fingerprint density at radius 2 is 1.37 bits per heavy atom. The molecule has 0 unspecified atom stereocenters. The summed E-state index contributed by atoms with van der Waals surface area (Å²) >= 11 is 6.89. The number of nitrogens with one attached hydrogen (secondary N) is 1. The molecule has 0 fully saturated rings. The van der Waals surface area contributed by atoms with Gasteiger partial charge in [0.05, 0.1) is 10.6 Å². The summed E-state index contributed by atoms with van der Waals surface area (Å²) < 4.78 is 30.4. The average Bonchev–Trinajstić information content (AvgIpc) is 2.98. The van der Waals surface area contributed by atoms with Gasteiger partial charge in [-0.2, -0.15) is 0 Å². The Kier molecular flexibility index (Phi) is 10.4. The van der Waals surface area contributed by atoms with Crippen LogP contribution in [0.3, 0.4) is 0 Å².